The zero-order valence-corrected chi connectivity index (χ0v) is 11.8. The van der Waals surface area contributed by atoms with Gasteiger partial charge in [0.1, 0.15) is 12.4 Å². The molecule has 3 heterocycles. The molecule has 1 aromatic heterocycles. The normalized spacial score (nSPS) is 28.2. The van der Waals surface area contributed by atoms with Gasteiger partial charge in [-0.25, -0.2) is 18.1 Å². The Morgan fingerprint density at radius 3 is 2.85 bits per heavy atom. The van der Waals surface area contributed by atoms with E-state index in [0.717, 1.165) is 5.82 Å². The molecule has 0 radical (unpaired) electrons. The minimum absolute atomic E-state index is 0.0794. The lowest BCUT2D eigenvalue weighted by Crippen LogP contribution is -2.31. The first kappa shape index (κ1) is 13.5. The molecule has 2 atom stereocenters. The van der Waals surface area contributed by atoms with Crippen LogP contribution in [0.1, 0.15) is 24.5 Å². The van der Waals surface area contributed by atoms with E-state index >= 15 is 0 Å². The van der Waals surface area contributed by atoms with Crippen molar-refractivity contribution in [2.75, 3.05) is 11.5 Å². The second-order valence-electron chi connectivity index (χ2n) is 5.58. The van der Waals surface area contributed by atoms with Gasteiger partial charge >= 0.3 is 0 Å². The molecular formula is C11H16N4O4S. The highest BCUT2D eigenvalue weighted by Crippen LogP contribution is 2.22. The predicted octanol–water partition coefficient (Wildman–Crippen LogP) is -0.153. The van der Waals surface area contributed by atoms with Crippen LogP contribution in [0.4, 0.5) is 0 Å². The van der Waals surface area contributed by atoms with Crippen molar-refractivity contribution in [3.8, 4) is 0 Å². The van der Waals surface area contributed by atoms with Crippen molar-refractivity contribution >= 4 is 9.84 Å². The molecule has 0 aromatic carbocycles. The lowest BCUT2D eigenvalue weighted by molar-refractivity contribution is -0.527. The maximum Gasteiger partial charge on any atom is 0.232 e. The molecule has 0 amide bonds. The Morgan fingerprint density at radius 2 is 2.20 bits per heavy atom. The van der Waals surface area contributed by atoms with Gasteiger partial charge in [-0.3, -0.25) is 10.1 Å². The van der Waals surface area contributed by atoms with Gasteiger partial charge in [-0.05, 0) is 12.3 Å². The van der Waals surface area contributed by atoms with Crippen LogP contribution in [0.25, 0.3) is 0 Å². The van der Waals surface area contributed by atoms with Gasteiger partial charge in [0, 0.05) is 24.2 Å². The van der Waals surface area contributed by atoms with E-state index in [-0.39, 0.29) is 28.9 Å². The molecule has 20 heavy (non-hydrogen) atoms. The molecule has 0 N–H and O–H groups in total. The van der Waals surface area contributed by atoms with Crippen LogP contribution in [-0.2, 0) is 29.2 Å². The first-order valence-corrected chi connectivity index (χ1v) is 8.51. The van der Waals surface area contributed by atoms with Gasteiger partial charge in [-0.15, -0.1) is 0 Å². The number of aromatic nitrogens is 3. The quantitative estimate of drug-likeness (QED) is 0.567. The van der Waals surface area contributed by atoms with Crippen molar-refractivity contribution in [2.45, 2.75) is 38.3 Å². The summed E-state index contributed by atoms with van der Waals surface area (Å²) < 4.78 is 24.5. The molecule has 0 spiro atoms. The summed E-state index contributed by atoms with van der Waals surface area (Å²) in [4.78, 5) is 14.9. The summed E-state index contributed by atoms with van der Waals surface area (Å²) in [6.07, 6.45) is 2.25. The maximum atomic E-state index is 11.4. The van der Waals surface area contributed by atoms with Crippen molar-refractivity contribution in [3.63, 3.8) is 0 Å². The van der Waals surface area contributed by atoms with Crippen LogP contribution in [0.2, 0.25) is 0 Å². The molecule has 3 rings (SSSR count). The van der Waals surface area contributed by atoms with E-state index in [0.29, 0.717) is 31.5 Å². The van der Waals surface area contributed by atoms with Crippen LogP contribution in [-0.4, -0.2) is 45.7 Å². The molecule has 110 valence electrons. The standard InChI is InChI=1S/C11H16N4O4S/c16-15(17)9-1-2-11-12-10(13-14(11)6-9)5-8-3-4-20(18,19)7-8/h8-9H,1-7H2. The number of sulfone groups is 1. The fourth-order valence-electron chi connectivity index (χ4n) is 2.89. The number of hydrogen-bond donors (Lipinski definition) is 0. The average molecular weight is 300 g/mol. The lowest BCUT2D eigenvalue weighted by Gasteiger charge is -2.15. The van der Waals surface area contributed by atoms with E-state index in [2.05, 4.69) is 10.1 Å². The summed E-state index contributed by atoms with van der Waals surface area (Å²) in [5.41, 5.74) is 0. The summed E-state index contributed by atoms with van der Waals surface area (Å²) >= 11 is 0. The first-order chi connectivity index (χ1) is 9.43. The summed E-state index contributed by atoms with van der Waals surface area (Å²) in [6.45, 7) is 0.262. The van der Waals surface area contributed by atoms with Gasteiger partial charge in [0.2, 0.25) is 6.04 Å². The van der Waals surface area contributed by atoms with E-state index in [4.69, 9.17) is 0 Å². The van der Waals surface area contributed by atoms with E-state index in [1.165, 1.54) is 0 Å². The number of hydrogen-bond acceptors (Lipinski definition) is 6. The van der Waals surface area contributed by atoms with E-state index < -0.39 is 15.9 Å². The lowest BCUT2D eigenvalue weighted by atomic mass is 10.1. The Hall–Kier alpha value is -1.51. The van der Waals surface area contributed by atoms with Crippen molar-refractivity contribution in [2.24, 2.45) is 5.92 Å². The average Bonchev–Trinajstić information content (AvgIpc) is 2.91. The second kappa shape index (κ2) is 4.80. The molecular weight excluding hydrogens is 284 g/mol. The highest BCUT2D eigenvalue weighted by molar-refractivity contribution is 7.91. The zero-order chi connectivity index (χ0) is 14.3. The van der Waals surface area contributed by atoms with Crippen molar-refractivity contribution in [1.29, 1.82) is 0 Å². The SMILES string of the molecule is O=[N+]([O-])C1CCc2nc(CC3CCS(=O)(=O)C3)nn2C1. The highest BCUT2D eigenvalue weighted by atomic mass is 32.2. The number of nitro groups is 1. The molecule has 9 heteroatoms. The Labute approximate surface area is 116 Å². The van der Waals surface area contributed by atoms with Crippen LogP contribution in [0.15, 0.2) is 0 Å². The molecule has 0 aliphatic carbocycles. The van der Waals surface area contributed by atoms with E-state index in [1.807, 2.05) is 0 Å². The Balaban J connectivity index is 1.70. The smallest absolute Gasteiger partial charge is 0.232 e. The minimum atomic E-state index is -2.89. The third kappa shape index (κ3) is 2.67. The predicted molar refractivity (Wildman–Crippen MR) is 69.6 cm³/mol. The van der Waals surface area contributed by atoms with Crippen molar-refractivity contribution < 1.29 is 13.3 Å². The molecule has 2 aliphatic heterocycles. The summed E-state index contributed by atoms with van der Waals surface area (Å²) in [5, 5.41) is 15.1. The fraction of sp³-hybridized carbons (Fsp3) is 0.818. The molecule has 1 fully saturated rings. The minimum Gasteiger partial charge on any atom is -0.264 e. The van der Waals surface area contributed by atoms with Crippen molar-refractivity contribution in [1.82, 2.24) is 14.8 Å². The molecule has 0 bridgehead atoms. The Bertz CT molecular complexity index is 639. The molecule has 1 aromatic rings. The molecule has 2 unspecified atom stereocenters. The molecule has 2 aliphatic rings. The van der Waals surface area contributed by atoms with Crippen LogP contribution < -0.4 is 0 Å². The Kier molecular flexibility index (Phi) is 3.23. The highest BCUT2D eigenvalue weighted by Gasteiger charge is 2.31. The summed E-state index contributed by atoms with van der Waals surface area (Å²) in [7, 11) is -2.89. The third-order valence-electron chi connectivity index (χ3n) is 3.97. The largest absolute Gasteiger partial charge is 0.264 e. The maximum absolute atomic E-state index is 11.4. The van der Waals surface area contributed by atoms with Gasteiger partial charge in [-0.1, -0.05) is 0 Å². The first-order valence-electron chi connectivity index (χ1n) is 6.69. The van der Waals surface area contributed by atoms with Crippen LogP contribution in [0, 0.1) is 16.0 Å². The topological polar surface area (TPSA) is 108 Å². The van der Waals surface area contributed by atoms with Gasteiger partial charge in [0.15, 0.2) is 15.7 Å². The fourth-order valence-corrected chi connectivity index (χ4v) is 4.76. The molecule has 0 saturated carbocycles. The molecule has 8 nitrogen and oxygen atoms in total. The number of nitrogens with zero attached hydrogens (tertiary/aromatic N) is 4. The molecule has 1 saturated heterocycles. The van der Waals surface area contributed by atoms with Gasteiger partial charge in [0.05, 0.1) is 11.5 Å². The van der Waals surface area contributed by atoms with Crippen LogP contribution >= 0.6 is 0 Å². The monoisotopic (exact) mass is 300 g/mol. The number of aryl methyl sites for hydroxylation is 1. The summed E-state index contributed by atoms with van der Waals surface area (Å²) in [6, 6.07) is -0.594. The Morgan fingerprint density at radius 1 is 1.40 bits per heavy atom. The number of fused-ring (bicyclic) bond motifs is 1. The zero-order valence-electron chi connectivity index (χ0n) is 10.9. The van der Waals surface area contributed by atoms with Crippen LogP contribution in [0.3, 0.4) is 0 Å². The van der Waals surface area contributed by atoms with Gasteiger partial charge in [-0.2, -0.15) is 5.10 Å². The van der Waals surface area contributed by atoms with Crippen molar-refractivity contribution in [3.05, 3.63) is 21.8 Å². The van der Waals surface area contributed by atoms with Gasteiger partial charge < -0.3 is 0 Å². The van der Waals surface area contributed by atoms with E-state index in [1.54, 1.807) is 4.68 Å². The summed E-state index contributed by atoms with van der Waals surface area (Å²) in [5.74, 6) is 1.92. The van der Waals surface area contributed by atoms with E-state index in [9.17, 15) is 18.5 Å². The third-order valence-corrected chi connectivity index (χ3v) is 5.81. The number of rotatable bonds is 3. The van der Waals surface area contributed by atoms with Crippen LogP contribution in [0.5, 0.6) is 0 Å². The second-order valence-corrected chi connectivity index (χ2v) is 7.81. The van der Waals surface area contributed by atoms with Gasteiger partial charge in [0.25, 0.3) is 0 Å².